The van der Waals surface area contributed by atoms with Gasteiger partial charge < -0.3 is 15.8 Å². The van der Waals surface area contributed by atoms with Crippen molar-refractivity contribution >= 4 is 28.9 Å². The molecule has 3 N–H and O–H groups in total. The summed E-state index contributed by atoms with van der Waals surface area (Å²) in [7, 11) is 0. The SMILES string of the molecule is N=C(c1ccc(O)cc1)C1C(=O)Nc2ccc(Cl)cc21. The van der Waals surface area contributed by atoms with Gasteiger partial charge in [0, 0.05) is 10.7 Å². The topological polar surface area (TPSA) is 73.2 Å². The van der Waals surface area contributed by atoms with E-state index < -0.39 is 5.92 Å². The molecule has 0 saturated carbocycles. The van der Waals surface area contributed by atoms with E-state index in [0.717, 1.165) is 0 Å². The molecule has 1 aliphatic rings. The highest BCUT2D eigenvalue weighted by molar-refractivity contribution is 6.31. The average molecular weight is 287 g/mol. The summed E-state index contributed by atoms with van der Waals surface area (Å²) < 4.78 is 0. The van der Waals surface area contributed by atoms with Crippen LogP contribution in [-0.2, 0) is 4.79 Å². The fourth-order valence-electron chi connectivity index (χ4n) is 2.33. The number of carbonyl (C=O) groups is 1. The number of amides is 1. The van der Waals surface area contributed by atoms with E-state index in [1.165, 1.54) is 12.1 Å². The molecule has 1 heterocycles. The Morgan fingerprint density at radius 3 is 2.60 bits per heavy atom. The number of hydrogen-bond donors (Lipinski definition) is 3. The average Bonchev–Trinajstić information content (AvgIpc) is 2.74. The fraction of sp³-hybridized carbons (Fsp3) is 0.0667. The summed E-state index contributed by atoms with van der Waals surface area (Å²) in [5, 5.41) is 20.8. The third-order valence-corrected chi connectivity index (χ3v) is 3.55. The molecule has 0 saturated heterocycles. The standard InChI is InChI=1S/C15H11ClN2O2/c16-9-3-6-12-11(7-9)13(15(20)18-12)14(17)8-1-4-10(19)5-2-8/h1-7,13,17,19H,(H,18,20). The van der Waals surface area contributed by atoms with E-state index in [0.29, 0.717) is 21.8 Å². The van der Waals surface area contributed by atoms with Crippen LogP contribution in [0.4, 0.5) is 5.69 Å². The van der Waals surface area contributed by atoms with Gasteiger partial charge in [-0.2, -0.15) is 0 Å². The van der Waals surface area contributed by atoms with E-state index in [1.807, 2.05) is 0 Å². The Labute approximate surface area is 120 Å². The summed E-state index contributed by atoms with van der Waals surface area (Å²) in [6.45, 7) is 0. The molecular weight excluding hydrogens is 276 g/mol. The molecule has 20 heavy (non-hydrogen) atoms. The summed E-state index contributed by atoms with van der Waals surface area (Å²) in [5.74, 6) is -0.783. The second-order valence-electron chi connectivity index (χ2n) is 4.61. The van der Waals surface area contributed by atoms with Crippen LogP contribution >= 0.6 is 11.6 Å². The lowest BCUT2D eigenvalue weighted by Gasteiger charge is -2.11. The highest BCUT2D eigenvalue weighted by Crippen LogP contribution is 2.36. The molecule has 3 rings (SSSR count). The Hall–Kier alpha value is -2.33. The number of halogens is 1. The van der Waals surface area contributed by atoms with Gasteiger partial charge in [-0.3, -0.25) is 4.79 Å². The van der Waals surface area contributed by atoms with E-state index in [-0.39, 0.29) is 17.4 Å². The predicted molar refractivity (Wildman–Crippen MR) is 77.8 cm³/mol. The Balaban J connectivity index is 2.02. The van der Waals surface area contributed by atoms with Crippen LogP contribution in [0.25, 0.3) is 0 Å². The van der Waals surface area contributed by atoms with Crippen molar-refractivity contribution in [2.24, 2.45) is 0 Å². The van der Waals surface area contributed by atoms with Crippen LogP contribution in [0.3, 0.4) is 0 Å². The normalized spacial score (nSPS) is 16.6. The number of hydrogen-bond acceptors (Lipinski definition) is 3. The highest BCUT2D eigenvalue weighted by Gasteiger charge is 2.34. The lowest BCUT2D eigenvalue weighted by atomic mass is 9.91. The van der Waals surface area contributed by atoms with Gasteiger partial charge in [0.15, 0.2) is 0 Å². The number of benzene rings is 2. The summed E-state index contributed by atoms with van der Waals surface area (Å²) in [6.07, 6.45) is 0. The van der Waals surface area contributed by atoms with Crippen molar-refractivity contribution in [3.8, 4) is 5.75 Å². The number of aromatic hydroxyl groups is 1. The third kappa shape index (κ3) is 2.04. The minimum atomic E-state index is -0.673. The molecule has 4 nitrogen and oxygen atoms in total. The highest BCUT2D eigenvalue weighted by atomic mass is 35.5. The lowest BCUT2D eigenvalue weighted by Crippen LogP contribution is -2.21. The Kier molecular flexibility index (Phi) is 2.95. The fourth-order valence-corrected chi connectivity index (χ4v) is 2.51. The van der Waals surface area contributed by atoms with Gasteiger partial charge in [0.2, 0.25) is 5.91 Å². The van der Waals surface area contributed by atoms with Crippen molar-refractivity contribution in [1.82, 2.24) is 0 Å². The molecule has 0 aromatic heterocycles. The second kappa shape index (κ2) is 4.65. The second-order valence-corrected chi connectivity index (χ2v) is 5.05. The maximum Gasteiger partial charge on any atom is 0.238 e. The van der Waals surface area contributed by atoms with Gasteiger partial charge in [-0.15, -0.1) is 0 Å². The zero-order chi connectivity index (χ0) is 14.3. The van der Waals surface area contributed by atoms with Gasteiger partial charge in [-0.1, -0.05) is 11.6 Å². The zero-order valence-corrected chi connectivity index (χ0v) is 11.1. The smallest absolute Gasteiger partial charge is 0.238 e. The van der Waals surface area contributed by atoms with Gasteiger partial charge in [0.25, 0.3) is 0 Å². The first kappa shape index (κ1) is 12.7. The van der Waals surface area contributed by atoms with Crippen LogP contribution in [0.5, 0.6) is 5.75 Å². The summed E-state index contributed by atoms with van der Waals surface area (Å²) in [6, 6.07) is 11.4. The van der Waals surface area contributed by atoms with Crippen LogP contribution < -0.4 is 5.32 Å². The Morgan fingerprint density at radius 2 is 1.90 bits per heavy atom. The van der Waals surface area contributed by atoms with Crippen LogP contribution in [0.15, 0.2) is 42.5 Å². The Bertz CT molecular complexity index is 710. The van der Waals surface area contributed by atoms with E-state index in [1.54, 1.807) is 30.3 Å². The van der Waals surface area contributed by atoms with Gasteiger partial charge in [-0.05, 0) is 53.6 Å². The van der Waals surface area contributed by atoms with Crippen molar-refractivity contribution < 1.29 is 9.90 Å². The van der Waals surface area contributed by atoms with Gasteiger partial charge in [0.1, 0.15) is 11.7 Å². The van der Waals surface area contributed by atoms with Crippen molar-refractivity contribution in [2.75, 3.05) is 5.32 Å². The zero-order valence-electron chi connectivity index (χ0n) is 10.4. The monoisotopic (exact) mass is 286 g/mol. The molecule has 2 aromatic rings. The first-order chi connectivity index (χ1) is 9.56. The molecule has 0 aliphatic carbocycles. The maximum atomic E-state index is 12.1. The van der Waals surface area contributed by atoms with E-state index >= 15 is 0 Å². The van der Waals surface area contributed by atoms with Gasteiger partial charge >= 0.3 is 0 Å². The number of rotatable bonds is 2. The molecule has 1 aliphatic heterocycles. The number of phenolic OH excluding ortho intramolecular Hbond substituents is 1. The van der Waals surface area contributed by atoms with Crippen LogP contribution in [0.1, 0.15) is 17.0 Å². The summed E-state index contributed by atoms with van der Waals surface area (Å²) in [4.78, 5) is 12.1. The molecule has 1 unspecified atom stereocenters. The largest absolute Gasteiger partial charge is 0.508 e. The lowest BCUT2D eigenvalue weighted by molar-refractivity contribution is -0.115. The molecule has 5 heteroatoms. The molecular formula is C15H11ClN2O2. The Morgan fingerprint density at radius 1 is 1.20 bits per heavy atom. The minimum absolute atomic E-state index is 0.126. The van der Waals surface area contributed by atoms with Crippen molar-refractivity contribution in [2.45, 2.75) is 5.92 Å². The molecule has 1 atom stereocenters. The molecule has 2 aromatic carbocycles. The number of fused-ring (bicyclic) bond motifs is 1. The van der Waals surface area contributed by atoms with Gasteiger partial charge in [-0.25, -0.2) is 0 Å². The maximum absolute atomic E-state index is 12.1. The first-order valence-corrected chi connectivity index (χ1v) is 6.42. The molecule has 0 fully saturated rings. The molecule has 0 spiro atoms. The minimum Gasteiger partial charge on any atom is -0.508 e. The number of nitrogens with one attached hydrogen (secondary N) is 2. The van der Waals surface area contributed by atoms with E-state index in [2.05, 4.69) is 5.32 Å². The predicted octanol–water partition coefficient (Wildman–Crippen LogP) is 3.15. The molecule has 0 radical (unpaired) electrons. The van der Waals surface area contributed by atoms with Crippen molar-refractivity contribution in [1.29, 1.82) is 5.41 Å². The molecule has 0 bridgehead atoms. The summed E-state index contributed by atoms with van der Waals surface area (Å²) in [5.41, 5.74) is 2.17. The van der Waals surface area contributed by atoms with Gasteiger partial charge in [0.05, 0.1) is 5.71 Å². The van der Waals surface area contributed by atoms with Crippen molar-refractivity contribution in [3.63, 3.8) is 0 Å². The number of anilines is 1. The number of phenols is 1. The quantitative estimate of drug-likeness (QED) is 0.742. The van der Waals surface area contributed by atoms with E-state index in [4.69, 9.17) is 17.0 Å². The third-order valence-electron chi connectivity index (χ3n) is 3.31. The number of carbonyl (C=O) groups excluding carboxylic acids is 1. The summed E-state index contributed by atoms with van der Waals surface area (Å²) >= 11 is 5.97. The first-order valence-electron chi connectivity index (χ1n) is 6.04. The van der Waals surface area contributed by atoms with Crippen molar-refractivity contribution in [3.05, 3.63) is 58.6 Å². The molecule has 100 valence electrons. The van der Waals surface area contributed by atoms with Crippen LogP contribution in [-0.4, -0.2) is 16.7 Å². The van der Waals surface area contributed by atoms with Crippen LogP contribution in [0, 0.1) is 5.41 Å². The van der Waals surface area contributed by atoms with E-state index in [9.17, 15) is 9.90 Å². The van der Waals surface area contributed by atoms with Crippen LogP contribution in [0.2, 0.25) is 5.02 Å². The molecule has 1 amide bonds.